The number of hydrogen-bond acceptors (Lipinski definition) is 3. The lowest BCUT2D eigenvalue weighted by molar-refractivity contribution is -0.137. The minimum Gasteiger partial charge on any atom is -0.338 e. The van der Waals surface area contributed by atoms with Crippen molar-refractivity contribution >= 4 is 11.7 Å². The highest BCUT2D eigenvalue weighted by Crippen LogP contribution is 2.30. The van der Waals surface area contributed by atoms with Gasteiger partial charge in [0.15, 0.2) is 5.78 Å². The third kappa shape index (κ3) is 4.16. The summed E-state index contributed by atoms with van der Waals surface area (Å²) >= 11 is 0. The first-order valence-electron chi connectivity index (χ1n) is 10.6. The van der Waals surface area contributed by atoms with E-state index in [9.17, 15) is 27.6 Å². The smallest absolute Gasteiger partial charge is 0.338 e. The van der Waals surface area contributed by atoms with Gasteiger partial charge >= 0.3 is 6.18 Å². The fraction of sp³-hybridized carbons (Fsp3) is 0.435. The van der Waals surface area contributed by atoms with Crippen molar-refractivity contribution in [3.63, 3.8) is 0 Å². The van der Waals surface area contributed by atoms with Gasteiger partial charge in [-0.15, -0.1) is 0 Å². The van der Waals surface area contributed by atoms with Crippen molar-refractivity contribution in [3.05, 3.63) is 63.1 Å². The number of hydrogen-bond donors (Lipinski definition) is 0. The number of Topliss-reactive ketones (excluding diaryl/α,β-unsaturated/α-hetero) is 1. The number of fused-ring (bicyclic) bond motifs is 1. The van der Waals surface area contributed by atoms with E-state index in [1.54, 1.807) is 4.90 Å². The molecule has 0 bridgehead atoms. The molecule has 1 aliphatic carbocycles. The lowest BCUT2D eigenvalue weighted by Gasteiger charge is -2.24. The van der Waals surface area contributed by atoms with Crippen LogP contribution in [-0.2, 0) is 12.6 Å². The summed E-state index contributed by atoms with van der Waals surface area (Å²) in [5, 5.41) is 0. The Kier molecular flexibility index (Phi) is 5.73. The summed E-state index contributed by atoms with van der Waals surface area (Å²) in [5.74, 6) is -0.583. The number of pyridine rings is 1. The molecule has 1 aliphatic heterocycles. The SMILES string of the molecule is O=C1CCCc2c1cc(C(=O)N1CCCCCC1)c(=O)n2-c1ccc(C(F)(F)F)cc1. The van der Waals surface area contributed by atoms with Gasteiger partial charge in [-0.05, 0) is 56.0 Å². The number of alkyl halides is 3. The van der Waals surface area contributed by atoms with E-state index in [0.717, 1.165) is 37.8 Å². The second kappa shape index (κ2) is 8.32. The summed E-state index contributed by atoms with van der Waals surface area (Å²) in [5.41, 5.74) is -0.545. The number of ketones is 1. The first kappa shape index (κ1) is 21.3. The Balaban J connectivity index is 1.85. The van der Waals surface area contributed by atoms with E-state index in [1.807, 2.05) is 0 Å². The predicted octanol–water partition coefficient (Wildman–Crippen LogP) is 4.39. The first-order valence-corrected chi connectivity index (χ1v) is 10.6. The Hall–Kier alpha value is -2.90. The van der Waals surface area contributed by atoms with Crippen LogP contribution in [0.25, 0.3) is 5.69 Å². The fourth-order valence-electron chi connectivity index (χ4n) is 4.36. The summed E-state index contributed by atoms with van der Waals surface area (Å²) in [6, 6.07) is 5.63. The van der Waals surface area contributed by atoms with Crippen LogP contribution >= 0.6 is 0 Å². The number of carbonyl (C=O) groups is 2. The molecule has 1 amide bonds. The Morgan fingerprint density at radius 2 is 1.52 bits per heavy atom. The molecule has 1 aromatic carbocycles. The average molecular weight is 432 g/mol. The molecule has 1 fully saturated rings. The van der Waals surface area contributed by atoms with Crippen molar-refractivity contribution in [2.75, 3.05) is 13.1 Å². The molecule has 1 aromatic heterocycles. The zero-order chi connectivity index (χ0) is 22.2. The largest absolute Gasteiger partial charge is 0.416 e. The molecule has 2 aromatic rings. The summed E-state index contributed by atoms with van der Waals surface area (Å²) in [6.07, 6.45) is 0.537. The van der Waals surface area contributed by atoms with Gasteiger partial charge in [-0.25, -0.2) is 0 Å². The van der Waals surface area contributed by atoms with Crippen molar-refractivity contribution in [3.8, 4) is 5.69 Å². The second-order valence-corrected chi connectivity index (χ2v) is 8.09. The molecule has 1 saturated heterocycles. The van der Waals surface area contributed by atoms with Crippen molar-refractivity contribution in [1.82, 2.24) is 9.47 Å². The fourth-order valence-corrected chi connectivity index (χ4v) is 4.36. The van der Waals surface area contributed by atoms with E-state index in [-0.39, 0.29) is 17.0 Å². The van der Waals surface area contributed by atoms with Crippen LogP contribution < -0.4 is 5.56 Å². The third-order valence-corrected chi connectivity index (χ3v) is 6.00. The maximum atomic E-state index is 13.4. The molecule has 0 N–H and O–H groups in total. The Bertz CT molecular complexity index is 1060. The lowest BCUT2D eigenvalue weighted by atomic mass is 9.92. The van der Waals surface area contributed by atoms with Crippen LogP contribution in [0.15, 0.2) is 35.1 Å². The van der Waals surface area contributed by atoms with Gasteiger partial charge in [-0.1, -0.05) is 12.8 Å². The van der Waals surface area contributed by atoms with Gasteiger partial charge in [-0.3, -0.25) is 19.0 Å². The van der Waals surface area contributed by atoms with Crippen LogP contribution in [0.1, 0.15) is 70.5 Å². The van der Waals surface area contributed by atoms with Crippen LogP contribution in [0.3, 0.4) is 0 Å². The van der Waals surface area contributed by atoms with Crippen LogP contribution in [0.5, 0.6) is 0 Å². The maximum Gasteiger partial charge on any atom is 0.416 e. The van der Waals surface area contributed by atoms with Crippen molar-refractivity contribution in [2.24, 2.45) is 0 Å². The molecule has 0 unspecified atom stereocenters. The van der Waals surface area contributed by atoms with E-state index >= 15 is 0 Å². The van der Waals surface area contributed by atoms with E-state index in [4.69, 9.17) is 0 Å². The number of likely N-dealkylation sites (tertiary alicyclic amines) is 1. The Morgan fingerprint density at radius 1 is 0.871 bits per heavy atom. The molecule has 0 saturated carbocycles. The van der Waals surface area contributed by atoms with Crippen LogP contribution in [0.4, 0.5) is 13.2 Å². The molecule has 2 heterocycles. The van der Waals surface area contributed by atoms with Gasteiger partial charge < -0.3 is 4.90 Å². The van der Waals surface area contributed by atoms with Crippen LogP contribution in [0, 0.1) is 0 Å². The highest BCUT2D eigenvalue weighted by Gasteiger charge is 2.31. The number of benzene rings is 1. The number of carbonyl (C=O) groups excluding carboxylic acids is 2. The number of aromatic nitrogens is 1. The molecular weight excluding hydrogens is 409 g/mol. The van der Waals surface area contributed by atoms with E-state index in [0.29, 0.717) is 43.6 Å². The predicted molar refractivity (Wildman–Crippen MR) is 109 cm³/mol. The van der Waals surface area contributed by atoms with Gasteiger partial charge in [0.25, 0.3) is 11.5 Å². The molecule has 2 aliphatic rings. The number of nitrogens with zero attached hydrogens (tertiary/aromatic N) is 2. The molecule has 0 radical (unpaired) electrons. The molecule has 164 valence electrons. The zero-order valence-electron chi connectivity index (χ0n) is 17.0. The lowest BCUT2D eigenvalue weighted by Crippen LogP contribution is -2.39. The highest BCUT2D eigenvalue weighted by atomic mass is 19.4. The summed E-state index contributed by atoms with van der Waals surface area (Å²) in [6.45, 7) is 1.09. The summed E-state index contributed by atoms with van der Waals surface area (Å²) in [4.78, 5) is 40.8. The third-order valence-electron chi connectivity index (χ3n) is 6.00. The summed E-state index contributed by atoms with van der Waals surface area (Å²) in [7, 11) is 0. The summed E-state index contributed by atoms with van der Waals surface area (Å²) < 4.78 is 40.2. The van der Waals surface area contributed by atoms with E-state index in [1.165, 1.54) is 22.8 Å². The van der Waals surface area contributed by atoms with E-state index < -0.39 is 23.2 Å². The van der Waals surface area contributed by atoms with Crippen molar-refractivity contribution < 1.29 is 22.8 Å². The first-order chi connectivity index (χ1) is 14.8. The van der Waals surface area contributed by atoms with Gasteiger partial charge in [0, 0.05) is 36.5 Å². The average Bonchev–Trinajstić information content (AvgIpc) is 3.02. The molecule has 0 atom stereocenters. The number of rotatable bonds is 2. The van der Waals surface area contributed by atoms with Crippen molar-refractivity contribution in [1.29, 1.82) is 0 Å². The van der Waals surface area contributed by atoms with E-state index in [2.05, 4.69) is 0 Å². The minimum absolute atomic E-state index is 0.101. The molecule has 8 heteroatoms. The molecule has 5 nitrogen and oxygen atoms in total. The topological polar surface area (TPSA) is 59.4 Å². The van der Waals surface area contributed by atoms with Gasteiger partial charge in [0.1, 0.15) is 5.56 Å². The maximum absolute atomic E-state index is 13.4. The molecular formula is C23H23F3N2O3. The van der Waals surface area contributed by atoms with Crippen molar-refractivity contribution in [2.45, 2.75) is 51.1 Å². The normalized spacial score (nSPS) is 17.3. The Morgan fingerprint density at radius 3 is 2.13 bits per heavy atom. The van der Waals surface area contributed by atoms with Crippen LogP contribution in [0.2, 0.25) is 0 Å². The standard InChI is InChI=1S/C23H23F3N2O3/c24-23(25,26)15-8-10-16(11-9-15)28-19-6-5-7-20(29)17(19)14-18(22(28)31)21(30)27-12-3-1-2-4-13-27/h8-11,14H,1-7,12-13H2. The zero-order valence-corrected chi connectivity index (χ0v) is 17.0. The second-order valence-electron chi connectivity index (χ2n) is 8.09. The molecule has 4 rings (SSSR count). The highest BCUT2D eigenvalue weighted by molar-refractivity contribution is 6.02. The van der Waals surface area contributed by atoms with Gasteiger partial charge in [0.05, 0.1) is 5.56 Å². The number of amides is 1. The molecule has 0 spiro atoms. The monoisotopic (exact) mass is 432 g/mol. The quantitative estimate of drug-likeness (QED) is 0.707. The minimum atomic E-state index is -4.50. The Labute approximate surface area is 177 Å². The number of halogens is 3. The van der Waals surface area contributed by atoms with Gasteiger partial charge in [-0.2, -0.15) is 13.2 Å². The van der Waals surface area contributed by atoms with Crippen LogP contribution in [-0.4, -0.2) is 34.2 Å². The molecule has 31 heavy (non-hydrogen) atoms. The van der Waals surface area contributed by atoms with Gasteiger partial charge in [0.2, 0.25) is 0 Å².